The van der Waals surface area contributed by atoms with Gasteiger partial charge in [0.1, 0.15) is 5.41 Å². The zero-order valence-corrected chi connectivity index (χ0v) is 8.22. The van der Waals surface area contributed by atoms with Gasteiger partial charge in [0.25, 0.3) is 0 Å². The van der Waals surface area contributed by atoms with E-state index in [2.05, 4.69) is 10.1 Å². The number of amides is 1. The first-order chi connectivity index (χ1) is 6.05. The standard InChI is InChI=1S/C9H15NO3/c1-6(2)9(8(12)13-3)4-5-10-7(9)11/h6H,4-5H2,1-3H3,(H,10,11)/t9-/m1/s1. The van der Waals surface area contributed by atoms with Gasteiger partial charge in [-0.2, -0.15) is 0 Å². The fourth-order valence-corrected chi connectivity index (χ4v) is 1.81. The first kappa shape index (κ1) is 10.0. The van der Waals surface area contributed by atoms with Crippen molar-refractivity contribution in [3.8, 4) is 0 Å². The molecule has 0 bridgehead atoms. The van der Waals surface area contributed by atoms with Crippen LogP contribution in [0, 0.1) is 11.3 Å². The first-order valence-corrected chi connectivity index (χ1v) is 4.42. The summed E-state index contributed by atoms with van der Waals surface area (Å²) in [6, 6.07) is 0. The molecule has 74 valence electrons. The number of hydrogen-bond acceptors (Lipinski definition) is 3. The van der Waals surface area contributed by atoms with E-state index in [4.69, 9.17) is 0 Å². The Morgan fingerprint density at radius 1 is 1.62 bits per heavy atom. The van der Waals surface area contributed by atoms with E-state index in [1.165, 1.54) is 7.11 Å². The Bertz CT molecular complexity index is 237. The van der Waals surface area contributed by atoms with E-state index in [-0.39, 0.29) is 11.8 Å². The fraction of sp³-hybridized carbons (Fsp3) is 0.778. The molecule has 0 aromatic rings. The summed E-state index contributed by atoms with van der Waals surface area (Å²) in [6.07, 6.45) is 0.538. The van der Waals surface area contributed by atoms with E-state index < -0.39 is 11.4 Å². The molecule has 1 N–H and O–H groups in total. The van der Waals surface area contributed by atoms with Gasteiger partial charge in [0.15, 0.2) is 0 Å². The van der Waals surface area contributed by atoms with Gasteiger partial charge in [-0.3, -0.25) is 9.59 Å². The summed E-state index contributed by atoms with van der Waals surface area (Å²) < 4.78 is 4.67. The maximum atomic E-state index is 11.5. The third kappa shape index (κ3) is 1.30. The molecule has 0 unspecified atom stereocenters. The molecule has 0 radical (unpaired) electrons. The van der Waals surface area contributed by atoms with Gasteiger partial charge in [-0.05, 0) is 12.3 Å². The van der Waals surface area contributed by atoms with Crippen LogP contribution in [0.15, 0.2) is 0 Å². The highest BCUT2D eigenvalue weighted by Gasteiger charge is 2.52. The zero-order valence-electron chi connectivity index (χ0n) is 8.22. The number of hydrogen-bond donors (Lipinski definition) is 1. The molecule has 0 aromatic carbocycles. The van der Waals surface area contributed by atoms with Crippen LogP contribution in [0.4, 0.5) is 0 Å². The van der Waals surface area contributed by atoms with E-state index in [9.17, 15) is 9.59 Å². The van der Waals surface area contributed by atoms with Crippen LogP contribution in [0.1, 0.15) is 20.3 Å². The van der Waals surface area contributed by atoms with Crippen molar-refractivity contribution < 1.29 is 14.3 Å². The normalized spacial score (nSPS) is 27.5. The molecular weight excluding hydrogens is 170 g/mol. The van der Waals surface area contributed by atoms with Crippen LogP contribution in [-0.4, -0.2) is 25.5 Å². The Morgan fingerprint density at radius 2 is 2.23 bits per heavy atom. The third-order valence-electron chi connectivity index (χ3n) is 2.75. The molecule has 4 nitrogen and oxygen atoms in total. The van der Waals surface area contributed by atoms with Gasteiger partial charge in [-0.1, -0.05) is 13.8 Å². The topological polar surface area (TPSA) is 55.4 Å². The van der Waals surface area contributed by atoms with E-state index in [1.807, 2.05) is 13.8 Å². The largest absolute Gasteiger partial charge is 0.468 e. The molecule has 4 heteroatoms. The molecule has 0 saturated carbocycles. The summed E-state index contributed by atoms with van der Waals surface area (Å²) in [5, 5.41) is 2.67. The molecule has 1 amide bonds. The predicted molar refractivity (Wildman–Crippen MR) is 46.9 cm³/mol. The molecule has 13 heavy (non-hydrogen) atoms. The number of nitrogens with one attached hydrogen (secondary N) is 1. The van der Waals surface area contributed by atoms with Crippen molar-refractivity contribution in [2.24, 2.45) is 11.3 Å². The van der Waals surface area contributed by atoms with E-state index >= 15 is 0 Å². The molecule has 1 aliphatic heterocycles. The van der Waals surface area contributed by atoms with Crippen LogP contribution >= 0.6 is 0 Å². The van der Waals surface area contributed by atoms with Gasteiger partial charge < -0.3 is 10.1 Å². The summed E-state index contributed by atoms with van der Waals surface area (Å²) in [5.74, 6) is -0.644. The minimum Gasteiger partial charge on any atom is -0.468 e. The molecule has 1 rings (SSSR count). The highest BCUT2D eigenvalue weighted by molar-refractivity contribution is 6.04. The van der Waals surface area contributed by atoms with E-state index in [0.717, 1.165) is 0 Å². The number of rotatable bonds is 2. The third-order valence-corrected chi connectivity index (χ3v) is 2.75. The van der Waals surface area contributed by atoms with E-state index in [0.29, 0.717) is 13.0 Å². The molecule has 1 saturated heterocycles. The van der Waals surface area contributed by atoms with Crippen molar-refractivity contribution in [2.45, 2.75) is 20.3 Å². The summed E-state index contributed by atoms with van der Waals surface area (Å²) in [4.78, 5) is 23.0. The second-order valence-corrected chi connectivity index (χ2v) is 3.62. The van der Waals surface area contributed by atoms with Crippen LogP contribution in [0.2, 0.25) is 0 Å². The van der Waals surface area contributed by atoms with Gasteiger partial charge in [0.2, 0.25) is 5.91 Å². The van der Waals surface area contributed by atoms with Crippen LogP contribution in [0.5, 0.6) is 0 Å². The lowest BCUT2D eigenvalue weighted by Gasteiger charge is -2.26. The van der Waals surface area contributed by atoms with Crippen LogP contribution in [-0.2, 0) is 14.3 Å². The van der Waals surface area contributed by atoms with Crippen LogP contribution in [0.3, 0.4) is 0 Å². The highest BCUT2D eigenvalue weighted by atomic mass is 16.5. The van der Waals surface area contributed by atoms with Gasteiger partial charge in [0.05, 0.1) is 7.11 Å². The summed E-state index contributed by atoms with van der Waals surface area (Å²) >= 11 is 0. The summed E-state index contributed by atoms with van der Waals surface area (Å²) in [6.45, 7) is 4.29. The van der Waals surface area contributed by atoms with Crippen molar-refractivity contribution in [2.75, 3.05) is 13.7 Å². The zero-order chi connectivity index (χ0) is 10.1. The van der Waals surface area contributed by atoms with Crippen molar-refractivity contribution in [1.82, 2.24) is 5.32 Å². The SMILES string of the molecule is COC(=O)[C@@]1(C(C)C)CCNC1=O. The van der Waals surface area contributed by atoms with Crippen molar-refractivity contribution in [3.63, 3.8) is 0 Å². The molecule has 1 heterocycles. The first-order valence-electron chi connectivity index (χ1n) is 4.42. The fourth-order valence-electron chi connectivity index (χ4n) is 1.81. The maximum absolute atomic E-state index is 11.5. The Morgan fingerprint density at radius 3 is 2.54 bits per heavy atom. The van der Waals surface area contributed by atoms with Gasteiger partial charge >= 0.3 is 5.97 Å². The number of esters is 1. The number of ether oxygens (including phenoxy) is 1. The lowest BCUT2D eigenvalue weighted by molar-refractivity contribution is -0.159. The molecule has 1 atom stereocenters. The average Bonchev–Trinajstić information content (AvgIpc) is 2.47. The van der Waals surface area contributed by atoms with Gasteiger partial charge in [-0.15, -0.1) is 0 Å². The number of carbonyl (C=O) groups is 2. The van der Waals surface area contributed by atoms with Crippen LogP contribution < -0.4 is 5.32 Å². The quantitative estimate of drug-likeness (QED) is 0.498. The van der Waals surface area contributed by atoms with Gasteiger partial charge in [0, 0.05) is 6.54 Å². The monoisotopic (exact) mass is 185 g/mol. The van der Waals surface area contributed by atoms with E-state index in [1.54, 1.807) is 0 Å². The Hall–Kier alpha value is -1.06. The Labute approximate surface area is 77.6 Å². The summed E-state index contributed by atoms with van der Waals surface area (Å²) in [7, 11) is 1.32. The lowest BCUT2D eigenvalue weighted by atomic mass is 9.76. The second kappa shape index (κ2) is 3.36. The van der Waals surface area contributed by atoms with Crippen LogP contribution in [0.25, 0.3) is 0 Å². The highest BCUT2D eigenvalue weighted by Crippen LogP contribution is 2.36. The minimum atomic E-state index is -0.950. The molecule has 0 aliphatic carbocycles. The predicted octanol–water partition coefficient (Wildman–Crippen LogP) is 0.322. The summed E-state index contributed by atoms with van der Waals surface area (Å²) in [5.41, 5.74) is -0.950. The number of carbonyl (C=O) groups excluding carboxylic acids is 2. The lowest BCUT2D eigenvalue weighted by Crippen LogP contribution is -2.43. The molecule has 0 spiro atoms. The Kier molecular flexibility index (Phi) is 2.59. The molecular formula is C9H15NO3. The molecule has 1 aliphatic rings. The molecule has 0 aromatic heterocycles. The molecule has 1 fully saturated rings. The average molecular weight is 185 g/mol. The minimum absolute atomic E-state index is 0.0255. The van der Waals surface area contributed by atoms with Crippen molar-refractivity contribution in [1.29, 1.82) is 0 Å². The Balaban J connectivity index is 3.00. The second-order valence-electron chi connectivity index (χ2n) is 3.62. The van der Waals surface area contributed by atoms with Crippen molar-refractivity contribution in [3.05, 3.63) is 0 Å². The smallest absolute Gasteiger partial charge is 0.321 e. The van der Waals surface area contributed by atoms with Gasteiger partial charge in [-0.25, -0.2) is 0 Å². The van der Waals surface area contributed by atoms with Crippen molar-refractivity contribution >= 4 is 11.9 Å². The maximum Gasteiger partial charge on any atom is 0.321 e. The number of methoxy groups -OCH3 is 1.